The maximum atomic E-state index is 12.2. The molecule has 2 heterocycles. The number of benzene rings is 1. The summed E-state index contributed by atoms with van der Waals surface area (Å²) in [5, 5.41) is 7.61. The number of piperidine rings is 1. The average molecular weight is 285 g/mol. The number of para-hydroxylation sites is 1. The lowest BCUT2D eigenvalue weighted by atomic mass is 9.94. The van der Waals surface area contributed by atoms with E-state index >= 15 is 0 Å². The summed E-state index contributed by atoms with van der Waals surface area (Å²) in [5.41, 5.74) is 2.41. The summed E-state index contributed by atoms with van der Waals surface area (Å²) in [6.07, 6.45) is 5.01. The van der Waals surface area contributed by atoms with E-state index in [9.17, 15) is 4.79 Å². The Kier molecular flexibility index (Phi) is 4.25. The Morgan fingerprint density at radius 3 is 3.10 bits per heavy atom. The van der Waals surface area contributed by atoms with Crippen LogP contribution >= 0.6 is 0 Å². The normalized spacial score (nSPS) is 22.3. The number of carbonyl (C=O) groups excluding carboxylic acids is 1. The predicted molar refractivity (Wildman–Crippen MR) is 85.2 cm³/mol. The fraction of sp³-hybridized carbons (Fsp3) is 0.471. The molecule has 0 saturated carbocycles. The first-order chi connectivity index (χ1) is 10.2. The van der Waals surface area contributed by atoms with Crippen LogP contribution in [0.4, 0.5) is 0 Å². The van der Waals surface area contributed by atoms with E-state index in [1.54, 1.807) is 0 Å². The second-order valence-corrected chi connectivity index (χ2v) is 6.04. The molecular formula is C17H23N3O. The third-order valence-electron chi connectivity index (χ3n) is 4.35. The summed E-state index contributed by atoms with van der Waals surface area (Å²) < 4.78 is 0. The van der Waals surface area contributed by atoms with Gasteiger partial charge < -0.3 is 15.6 Å². The van der Waals surface area contributed by atoms with Gasteiger partial charge in [0.05, 0.1) is 6.04 Å². The van der Waals surface area contributed by atoms with Crippen LogP contribution in [0.2, 0.25) is 0 Å². The maximum absolute atomic E-state index is 12.2. The van der Waals surface area contributed by atoms with Crippen LogP contribution in [0.3, 0.4) is 0 Å². The van der Waals surface area contributed by atoms with Crippen LogP contribution < -0.4 is 10.6 Å². The van der Waals surface area contributed by atoms with Crippen molar-refractivity contribution in [2.75, 3.05) is 13.1 Å². The summed E-state index contributed by atoms with van der Waals surface area (Å²) >= 11 is 0. The molecular weight excluding hydrogens is 262 g/mol. The fourth-order valence-electron chi connectivity index (χ4n) is 3.09. The molecule has 3 N–H and O–H groups in total. The lowest BCUT2D eigenvalue weighted by Gasteiger charge is -2.27. The molecule has 2 atom stereocenters. The van der Waals surface area contributed by atoms with Gasteiger partial charge in [0, 0.05) is 23.6 Å². The molecule has 1 amide bonds. The molecule has 1 aromatic heterocycles. The Balaban J connectivity index is 1.52. The second kappa shape index (κ2) is 6.31. The van der Waals surface area contributed by atoms with Crippen LogP contribution in [-0.4, -0.2) is 30.0 Å². The zero-order chi connectivity index (χ0) is 14.7. The predicted octanol–water partition coefficient (Wildman–Crippen LogP) is 2.21. The van der Waals surface area contributed by atoms with E-state index in [4.69, 9.17) is 0 Å². The molecule has 0 spiro atoms. The number of amides is 1. The van der Waals surface area contributed by atoms with Gasteiger partial charge in [-0.1, -0.05) is 25.1 Å². The molecule has 2 unspecified atom stereocenters. The van der Waals surface area contributed by atoms with Crippen molar-refractivity contribution in [3.8, 4) is 0 Å². The molecule has 1 aromatic carbocycles. The summed E-state index contributed by atoms with van der Waals surface area (Å²) in [7, 11) is 0. The summed E-state index contributed by atoms with van der Waals surface area (Å²) in [6.45, 7) is 3.85. The van der Waals surface area contributed by atoms with Gasteiger partial charge in [-0.25, -0.2) is 0 Å². The van der Waals surface area contributed by atoms with Crippen molar-refractivity contribution in [3.63, 3.8) is 0 Å². The number of hydrogen-bond acceptors (Lipinski definition) is 2. The van der Waals surface area contributed by atoms with Gasteiger partial charge in [0.15, 0.2) is 0 Å². The highest BCUT2D eigenvalue weighted by Gasteiger charge is 2.23. The minimum absolute atomic E-state index is 0.0169. The molecule has 1 saturated heterocycles. The number of carbonyl (C=O) groups is 1. The number of nitrogens with one attached hydrogen (secondary N) is 3. The largest absolute Gasteiger partial charge is 0.361 e. The Labute approximate surface area is 125 Å². The van der Waals surface area contributed by atoms with E-state index < -0.39 is 0 Å². The van der Waals surface area contributed by atoms with Crippen molar-refractivity contribution in [1.82, 2.24) is 15.6 Å². The molecule has 0 bridgehead atoms. The van der Waals surface area contributed by atoms with Gasteiger partial charge in [0.1, 0.15) is 0 Å². The standard InChI is InChI=1S/C17H23N3O/c1-12-6-8-18-16(10-12)17(21)19-9-7-13-11-20-15-5-3-2-4-14(13)15/h2-5,11-12,16,18,20H,6-10H2,1H3,(H,19,21). The zero-order valence-corrected chi connectivity index (χ0v) is 12.5. The van der Waals surface area contributed by atoms with Gasteiger partial charge in [-0.2, -0.15) is 0 Å². The SMILES string of the molecule is CC1CCNC(C(=O)NCCc2c[nH]c3ccccc23)C1. The van der Waals surface area contributed by atoms with E-state index in [1.807, 2.05) is 18.3 Å². The topological polar surface area (TPSA) is 56.9 Å². The highest BCUT2D eigenvalue weighted by atomic mass is 16.2. The van der Waals surface area contributed by atoms with Crippen molar-refractivity contribution in [2.45, 2.75) is 32.2 Å². The number of fused-ring (bicyclic) bond motifs is 1. The smallest absolute Gasteiger partial charge is 0.237 e. The van der Waals surface area contributed by atoms with Crippen molar-refractivity contribution in [2.24, 2.45) is 5.92 Å². The molecule has 0 radical (unpaired) electrons. The van der Waals surface area contributed by atoms with Crippen molar-refractivity contribution in [1.29, 1.82) is 0 Å². The number of rotatable bonds is 4. The van der Waals surface area contributed by atoms with Gasteiger partial charge in [0.25, 0.3) is 0 Å². The Hall–Kier alpha value is -1.81. The quantitative estimate of drug-likeness (QED) is 0.806. The van der Waals surface area contributed by atoms with E-state index in [-0.39, 0.29) is 11.9 Å². The minimum Gasteiger partial charge on any atom is -0.361 e. The molecule has 0 aliphatic carbocycles. The van der Waals surface area contributed by atoms with Gasteiger partial charge in [-0.15, -0.1) is 0 Å². The molecule has 4 nitrogen and oxygen atoms in total. The molecule has 112 valence electrons. The first kappa shape index (κ1) is 14.1. The molecule has 1 aliphatic heterocycles. The Morgan fingerprint density at radius 2 is 2.24 bits per heavy atom. The van der Waals surface area contributed by atoms with Crippen molar-refractivity contribution in [3.05, 3.63) is 36.0 Å². The van der Waals surface area contributed by atoms with Crippen LogP contribution in [0.1, 0.15) is 25.3 Å². The van der Waals surface area contributed by atoms with Gasteiger partial charge >= 0.3 is 0 Å². The van der Waals surface area contributed by atoms with Crippen LogP contribution in [0.5, 0.6) is 0 Å². The van der Waals surface area contributed by atoms with Crippen LogP contribution in [0.15, 0.2) is 30.5 Å². The van der Waals surface area contributed by atoms with Crippen LogP contribution in [0, 0.1) is 5.92 Å². The first-order valence-corrected chi connectivity index (χ1v) is 7.80. The lowest BCUT2D eigenvalue weighted by Crippen LogP contribution is -2.48. The second-order valence-electron chi connectivity index (χ2n) is 6.04. The maximum Gasteiger partial charge on any atom is 0.237 e. The zero-order valence-electron chi connectivity index (χ0n) is 12.5. The molecule has 1 aliphatic rings. The monoisotopic (exact) mass is 285 g/mol. The number of aromatic amines is 1. The van der Waals surface area contributed by atoms with E-state index in [0.29, 0.717) is 12.5 Å². The first-order valence-electron chi connectivity index (χ1n) is 7.80. The van der Waals surface area contributed by atoms with E-state index in [0.717, 1.165) is 24.9 Å². The van der Waals surface area contributed by atoms with Crippen LogP contribution in [0.25, 0.3) is 10.9 Å². The van der Waals surface area contributed by atoms with E-state index in [1.165, 1.54) is 17.4 Å². The van der Waals surface area contributed by atoms with Crippen molar-refractivity contribution < 1.29 is 4.79 Å². The third kappa shape index (κ3) is 3.27. The minimum atomic E-state index is -0.0169. The van der Waals surface area contributed by atoms with Gasteiger partial charge in [-0.3, -0.25) is 4.79 Å². The summed E-state index contributed by atoms with van der Waals surface area (Å²) in [5.74, 6) is 0.775. The van der Waals surface area contributed by atoms with Crippen molar-refractivity contribution >= 4 is 16.8 Å². The Morgan fingerprint density at radius 1 is 1.38 bits per heavy atom. The molecule has 21 heavy (non-hydrogen) atoms. The fourth-order valence-corrected chi connectivity index (χ4v) is 3.09. The van der Waals surface area contributed by atoms with Gasteiger partial charge in [-0.05, 0) is 43.4 Å². The molecule has 1 fully saturated rings. The highest BCUT2D eigenvalue weighted by molar-refractivity contribution is 5.83. The molecule has 2 aromatic rings. The summed E-state index contributed by atoms with van der Waals surface area (Å²) in [6, 6.07) is 8.25. The Bertz CT molecular complexity index is 619. The number of H-pyrrole nitrogens is 1. The molecule has 4 heteroatoms. The number of aromatic nitrogens is 1. The molecule has 3 rings (SSSR count). The van der Waals surface area contributed by atoms with Gasteiger partial charge in [0.2, 0.25) is 5.91 Å². The van der Waals surface area contributed by atoms with E-state index in [2.05, 4.69) is 34.7 Å². The lowest BCUT2D eigenvalue weighted by molar-refractivity contribution is -0.123. The third-order valence-corrected chi connectivity index (χ3v) is 4.35. The number of hydrogen-bond donors (Lipinski definition) is 3. The van der Waals surface area contributed by atoms with Crippen LogP contribution in [-0.2, 0) is 11.2 Å². The highest BCUT2D eigenvalue weighted by Crippen LogP contribution is 2.18. The average Bonchev–Trinajstić information content (AvgIpc) is 2.91. The summed E-state index contributed by atoms with van der Waals surface area (Å²) in [4.78, 5) is 15.4.